The number of nitrogen functional groups attached to an aromatic ring is 2. The van der Waals surface area contributed by atoms with Crippen LogP contribution in [0, 0.1) is 40.9 Å². The molecule has 1 aromatic carbocycles. The van der Waals surface area contributed by atoms with Gasteiger partial charge in [-0.2, -0.15) is 17.7 Å². The molecule has 3 saturated carbocycles. The second kappa shape index (κ2) is 17.8. The summed E-state index contributed by atoms with van der Waals surface area (Å²) in [4.78, 5) is 0. The predicted molar refractivity (Wildman–Crippen MR) is 194 cm³/mol. The van der Waals surface area contributed by atoms with Gasteiger partial charge >= 0.3 is 0 Å². The van der Waals surface area contributed by atoms with Gasteiger partial charge in [0.05, 0.1) is 11.8 Å². The van der Waals surface area contributed by atoms with Crippen molar-refractivity contribution in [3.63, 3.8) is 0 Å². The number of anilines is 2. The normalized spacial score (nSPS) is 32.5. The van der Waals surface area contributed by atoms with Crippen LogP contribution in [0.3, 0.4) is 0 Å². The first-order valence-corrected chi connectivity index (χ1v) is 18.6. The molecule has 4 aliphatic carbocycles. The molecule has 0 amide bonds. The number of allylic oxidation sites excluding steroid dienone is 3. The summed E-state index contributed by atoms with van der Waals surface area (Å²) < 4.78 is 6.50. The maximum atomic E-state index is 6.50. The summed E-state index contributed by atoms with van der Waals surface area (Å²) in [5.41, 5.74) is 21.4. The van der Waals surface area contributed by atoms with Crippen molar-refractivity contribution in [3.8, 4) is 5.75 Å². The Hall–Kier alpha value is -1.27. The van der Waals surface area contributed by atoms with E-state index in [0.717, 1.165) is 41.8 Å². The van der Waals surface area contributed by atoms with Crippen molar-refractivity contribution in [3.05, 3.63) is 47.5 Å². The number of thioether (sulfide) groups is 1. The Kier molecular flexibility index (Phi) is 15.7. The summed E-state index contributed by atoms with van der Waals surface area (Å²) in [7, 11) is 5.78. The number of hydrogen-bond acceptors (Lipinski definition) is 7. The molecule has 1 aromatic rings. The molecule has 0 bridgehead atoms. The minimum absolute atomic E-state index is 0. The van der Waals surface area contributed by atoms with Gasteiger partial charge in [-0.1, -0.05) is 26.3 Å². The maximum Gasteiger partial charge on any atom is 0.140 e. The van der Waals surface area contributed by atoms with Gasteiger partial charge in [0.1, 0.15) is 5.75 Å². The van der Waals surface area contributed by atoms with Gasteiger partial charge in [0.25, 0.3) is 0 Å². The van der Waals surface area contributed by atoms with E-state index in [1.54, 1.807) is 23.4 Å². The maximum absolute atomic E-state index is 6.50. The third-order valence-corrected chi connectivity index (χ3v) is 11.8. The van der Waals surface area contributed by atoms with Crippen LogP contribution < -0.4 is 32.6 Å². The number of fused-ring (bicyclic) bond motifs is 5. The summed E-state index contributed by atoms with van der Waals surface area (Å²) >= 11 is 1.75. The third-order valence-electron chi connectivity index (χ3n) is 11.8. The van der Waals surface area contributed by atoms with E-state index in [1.165, 1.54) is 70.0 Å². The van der Waals surface area contributed by atoms with Gasteiger partial charge in [0.2, 0.25) is 0 Å². The van der Waals surface area contributed by atoms with Crippen molar-refractivity contribution in [2.45, 2.75) is 97.1 Å². The molecular formula is C37H64N5OSW-. The molecule has 0 aliphatic heterocycles. The average Bonchev–Trinajstić information content (AvgIpc) is 3.41. The quantitative estimate of drug-likeness (QED) is 0.137. The van der Waals surface area contributed by atoms with Crippen LogP contribution in [0.2, 0.25) is 0 Å². The molecule has 6 nitrogen and oxygen atoms in total. The Bertz CT molecular complexity index is 1130. The Labute approximate surface area is 294 Å². The monoisotopic (exact) mass is 810 g/mol. The van der Waals surface area contributed by atoms with Crippen LogP contribution in [0.25, 0.3) is 0 Å². The fraction of sp³-hybridized carbons (Fsp3) is 0.703. The molecule has 8 unspecified atom stereocenters. The Morgan fingerprint density at radius 1 is 1.11 bits per heavy atom. The zero-order valence-electron chi connectivity index (χ0n) is 29.7. The van der Waals surface area contributed by atoms with Crippen LogP contribution in [-0.2, 0) is 21.1 Å². The summed E-state index contributed by atoms with van der Waals surface area (Å²) in [5.74, 6) is 6.00. The Morgan fingerprint density at radius 3 is 2.42 bits per heavy atom. The zero-order valence-corrected chi connectivity index (χ0v) is 33.4. The van der Waals surface area contributed by atoms with Crippen molar-refractivity contribution in [1.82, 2.24) is 10.6 Å². The van der Waals surface area contributed by atoms with Gasteiger partial charge in [-0.3, -0.25) is 0 Å². The largest absolute Gasteiger partial charge is 0.502 e. The van der Waals surface area contributed by atoms with Crippen LogP contribution >= 0.6 is 11.8 Å². The minimum atomic E-state index is 0. The smallest absolute Gasteiger partial charge is 0.140 e. The number of rotatable bonds is 8. The molecule has 3 fully saturated rings. The summed E-state index contributed by atoms with van der Waals surface area (Å²) in [6.07, 6.45) is 20.5. The molecule has 0 saturated heterocycles. The van der Waals surface area contributed by atoms with Gasteiger partial charge < -0.3 is 32.6 Å². The van der Waals surface area contributed by atoms with Gasteiger partial charge in [-0.25, -0.2) is 11.6 Å². The minimum Gasteiger partial charge on any atom is -0.502 e. The summed E-state index contributed by atoms with van der Waals surface area (Å²) in [6.45, 7) is 9.57. The molecule has 0 spiro atoms. The van der Waals surface area contributed by atoms with Gasteiger partial charge in [-0.05, 0) is 138 Å². The van der Waals surface area contributed by atoms with Gasteiger partial charge in [0.15, 0.2) is 0 Å². The average molecular weight is 811 g/mol. The van der Waals surface area contributed by atoms with Crippen molar-refractivity contribution in [2.24, 2.45) is 40.7 Å². The molecule has 0 aromatic heterocycles. The molecule has 8 heteroatoms. The van der Waals surface area contributed by atoms with Crippen molar-refractivity contribution >= 4 is 23.1 Å². The van der Waals surface area contributed by atoms with E-state index in [1.807, 2.05) is 31.7 Å². The van der Waals surface area contributed by atoms with Gasteiger partial charge in [-0.15, -0.1) is 6.92 Å². The van der Waals surface area contributed by atoms with E-state index in [4.69, 9.17) is 16.2 Å². The first-order chi connectivity index (χ1) is 21.1. The molecule has 45 heavy (non-hydrogen) atoms. The predicted octanol–water partition coefficient (Wildman–Crippen LogP) is 7.42. The molecule has 0 radical (unpaired) electrons. The number of benzene rings is 1. The van der Waals surface area contributed by atoms with Crippen LogP contribution in [0.4, 0.5) is 11.4 Å². The molecule has 8 atom stereocenters. The van der Waals surface area contributed by atoms with Crippen LogP contribution in [0.1, 0.15) is 85.5 Å². The fourth-order valence-electron chi connectivity index (χ4n) is 9.69. The van der Waals surface area contributed by atoms with E-state index in [2.05, 4.69) is 63.3 Å². The topological polar surface area (TPSA) is 111 Å². The molecule has 4 aliphatic rings. The third kappa shape index (κ3) is 8.24. The Morgan fingerprint density at radius 2 is 1.80 bits per heavy atom. The van der Waals surface area contributed by atoms with Crippen LogP contribution in [0.15, 0.2) is 41.6 Å². The van der Waals surface area contributed by atoms with E-state index in [9.17, 15) is 0 Å². The second-order valence-corrected chi connectivity index (χ2v) is 14.7. The van der Waals surface area contributed by atoms with Crippen molar-refractivity contribution in [2.75, 3.05) is 45.1 Å². The number of ether oxygens (including phenoxy) is 1. The first kappa shape index (κ1) is 39.9. The molecule has 5 rings (SSSR count). The van der Waals surface area contributed by atoms with Crippen LogP contribution in [0.5, 0.6) is 5.75 Å². The van der Waals surface area contributed by atoms with E-state index in [-0.39, 0.29) is 32.6 Å². The van der Waals surface area contributed by atoms with Gasteiger partial charge in [0, 0.05) is 45.0 Å². The van der Waals surface area contributed by atoms with E-state index >= 15 is 0 Å². The van der Waals surface area contributed by atoms with Crippen LogP contribution in [-0.4, -0.2) is 45.3 Å². The second-order valence-electron chi connectivity index (χ2n) is 13.9. The van der Waals surface area contributed by atoms with Crippen molar-refractivity contribution < 1.29 is 25.8 Å². The number of hydrogen-bond donors (Lipinski definition) is 5. The standard InChI is InChI=1S/C34H53N4O.C2H6S.CH5N.W/c1-21(8-7-9-22(2)37-5)26-13-14-29-25-11-12-27-23(3)31(39-32-15-10-24(35)20-30(32)36)17-18-33(27,4)28(25)16-19-34(26,29)38-6;1-3-2;1-2;/h9-10,12,15,20-21,25-26,28-29,31,37-38H,7-8,11,13-14,16-19,35-36H2,1-6H3;1-2H3;2H2,1H3;/q-1;;;/b22-9-;;;. The zero-order chi connectivity index (χ0) is 32.7. The molecule has 8 N–H and O–H groups in total. The van der Waals surface area contributed by atoms with E-state index in [0.29, 0.717) is 16.9 Å². The molecule has 0 heterocycles. The summed E-state index contributed by atoms with van der Waals surface area (Å²) in [5, 5.41) is 7.27. The van der Waals surface area contributed by atoms with E-state index < -0.39 is 0 Å². The number of nitrogens with two attached hydrogens (primary N) is 3. The summed E-state index contributed by atoms with van der Waals surface area (Å²) in [6, 6.07) is 5.60. The Balaban J connectivity index is 0.00000111. The SMILES string of the molecule is CN.CN/C(C)=C\CCC(C)C1CCC2C3CC=C4[C-](C)C(Oc5ccc(N)cc5N)CCC4(C)C3CCC12NC.CSC.[W]. The first-order valence-electron chi connectivity index (χ1n) is 16.9. The molecular weight excluding hydrogens is 746 g/mol. The van der Waals surface area contributed by atoms with Crippen molar-refractivity contribution in [1.29, 1.82) is 0 Å². The number of nitrogens with one attached hydrogen (secondary N) is 2. The molecule has 256 valence electrons. The fourth-order valence-corrected chi connectivity index (χ4v) is 9.69.